The Hall–Kier alpha value is -2.36. The van der Waals surface area contributed by atoms with E-state index in [-0.39, 0.29) is 5.56 Å². The minimum atomic E-state index is -0.398. The number of rotatable bonds is 3. The molecule has 17 heavy (non-hydrogen) atoms. The number of aromatic nitrogens is 2. The molecular weight excluding hydrogens is 216 g/mol. The van der Waals surface area contributed by atoms with Crippen molar-refractivity contribution in [1.82, 2.24) is 9.55 Å². The van der Waals surface area contributed by atoms with Gasteiger partial charge in [0, 0.05) is 12.3 Å². The molecule has 0 saturated carbocycles. The van der Waals surface area contributed by atoms with E-state index in [0.29, 0.717) is 6.54 Å². The summed E-state index contributed by atoms with van der Waals surface area (Å²) >= 11 is 0. The van der Waals surface area contributed by atoms with Crippen LogP contribution in [0.4, 0.5) is 0 Å². The van der Waals surface area contributed by atoms with Crippen molar-refractivity contribution in [2.45, 2.75) is 6.54 Å². The van der Waals surface area contributed by atoms with Crippen LogP contribution >= 0.6 is 0 Å². The lowest BCUT2D eigenvalue weighted by Crippen LogP contribution is -2.28. The lowest BCUT2D eigenvalue weighted by molar-refractivity contribution is 0.720. The molecule has 86 valence electrons. The molecule has 4 nitrogen and oxygen atoms in total. The highest BCUT2D eigenvalue weighted by Gasteiger charge is 1.98. The Morgan fingerprint density at radius 3 is 2.47 bits per heavy atom. The molecule has 2 aromatic rings. The van der Waals surface area contributed by atoms with Gasteiger partial charge in [-0.1, -0.05) is 36.9 Å². The molecule has 1 aromatic heterocycles. The number of hydrogen-bond donors (Lipinski definition) is 1. The van der Waals surface area contributed by atoms with E-state index in [1.807, 2.05) is 24.3 Å². The van der Waals surface area contributed by atoms with E-state index in [1.54, 1.807) is 6.08 Å². The van der Waals surface area contributed by atoms with Crippen LogP contribution in [0, 0.1) is 0 Å². The third-order valence-corrected chi connectivity index (χ3v) is 2.47. The van der Waals surface area contributed by atoms with E-state index < -0.39 is 5.69 Å². The minimum absolute atomic E-state index is 0.381. The Kier molecular flexibility index (Phi) is 3.05. The topological polar surface area (TPSA) is 54.9 Å². The molecule has 0 amide bonds. The molecule has 0 aliphatic rings. The van der Waals surface area contributed by atoms with Gasteiger partial charge in [-0.2, -0.15) is 0 Å². The second-order valence-corrected chi connectivity index (χ2v) is 3.68. The van der Waals surface area contributed by atoms with Gasteiger partial charge in [-0.3, -0.25) is 14.3 Å². The van der Waals surface area contributed by atoms with Crippen molar-refractivity contribution in [3.05, 3.63) is 75.1 Å². The van der Waals surface area contributed by atoms with Crippen LogP contribution in [0.25, 0.3) is 6.08 Å². The van der Waals surface area contributed by atoms with Gasteiger partial charge in [-0.25, -0.2) is 4.79 Å². The third kappa shape index (κ3) is 2.60. The number of aromatic amines is 1. The number of H-pyrrole nitrogens is 1. The lowest BCUT2D eigenvalue weighted by atomic mass is 10.1. The Balaban J connectivity index is 2.28. The van der Waals surface area contributed by atoms with Crippen molar-refractivity contribution >= 4 is 6.08 Å². The minimum Gasteiger partial charge on any atom is -0.296 e. The van der Waals surface area contributed by atoms with Crippen LogP contribution < -0.4 is 11.2 Å². The fourth-order valence-electron chi connectivity index (χ4n) is 1.52. The third-order valence-electron chi connectivity index (χ3n) is 2.47. The van der Waals surface area contributed by atoms with E-state index in [2.05, 4.69) is 11.6 Å². The predicted molar refractivity (Wildman–Crippen MR) is 67.0 cm³/mol. The molecule has 0 unspecified atom stereocenters. The summed E-state index contributed by atoms with van der Waals surface area (Å²) in [6.45, 7) is 4.11. The van der Waals surface area contributed by atoms with Crippen LogP contribution in [0.15, 0.2) is 52.7 Å². The van der Waals surface area contributed by atoms with Crippen molar-refractivity contribution in [3.8, 4) is 0 Å². The standard InChI is InChI=1S/C13H12N2O2/c1-2-10-3-5-11(6-4-10)9-15-8-7-12(16)14-13(15)17/h2-8H,1,9H2,(H,14,16,17). The summed E-state index contributed by atoms with van der Waals surface area (Å²) in [6.07, 6.45) is 3.25. The monoisotopic (exact) mass is 228 g/mol. The Morgan fingerprint density at radius 1 is 1.18 bits per heavy atom. The Labute approximate surface area is 97.9 Å². The lowest BCUT2D eigenvalue weighted by Gasteiger charge is -2.04. The molecular formula is C13H12N2O2. The van der Waals surface area contributed by atoms with Gasteiger partial charge in [0.05, 0.1) is 6.54 Å². The smallest absolute Gasteiger partial charge is 0.296 e. The summed E-state index contributed by atoms with van der Waals surface area (Å²) in [6, 6.07) is 9.04. The Morgan fingerprint density at radius 2 is 1.88 bits per heavy atom. The molecule has 2 rings (SSSR count). The second kappa shape index (κ2) is 4.65. The van der Waals surface area contributed by atoms with Crippen LogP contribution in [-0.2, 0) is 6.54 Å². The largest absolute Gasteiger partial charge is 0.328 e. The van der Waals surface area contributed by atoms with Gasteiger partial charge >= 0.3 is 5.69 Å². The van der Waals surface area contributed by atoms with Crippen LogP contribution in [0.1, 0.15) is 11.1 Å². The second-order valence-electron chi connectivity index (χ2n) is 3.68. The van der Waals surface area contributed by atoms with Gasteiger partial charge in [0.25, 0.3) is 5.56 Å². The molecule has 1 heterocycles. The normalized spacial score (nSPS) is 10.1. The molecule has 0 aliphatic heterocycles. The quantitative estimate of drug-likeness (QED) is 0.859. The first kappa shape index (κ1) is 11.1. The molecule has 0 spiro atoms. The van der Waals surface area contributed by atoms with Crippen LogP contribution in [0.5, 0.6) is 0 Å². The zero-order valence-corrected chi connectivity index (χ0v) is 9.22. The van der Waals surface area contributed by atoms with E-state index in [0.717, 1.165) is 11.1 Å². The van der Waals surface area contributed by atoms with Gasteiger partial charge in [0.2, 0.25) is 0 Å². The van der Waals surface area contributed by atoms with Gasteiger partial charge in [-0.05, 0) is 11.1 Å². The van der Waals surface area contributed by atoms with Gasteiger partial charge in [0.1, 0.15) is 0 Å². The highest BCUT2D eigenvalue weighted by atomic mass is 16.2. The summed E-state index contributed by atoms with van der Waals surface area (Å²) in [5.41, 5.74) is 1.24. The molecule has 0 saturated heterocycles. The molecule has 0 radical (unpaired) electrons. The molecule has 1 aromatic carbocycles. The van der Waals surface area contributed by atoms with Gasteiger partial charge in [-0.15, -0.1) is 0 Å². The summed E-state index contributed by atoms with van der Waals surface area (Å²) in [4.78, 5) is 24.6. The maximum absolute atomic E-state index is 11.5. The van der Waals surface area contributed by atoms with Crippen LogP contribution in [-0.4, -0.2) is 9.55 Å². The van der Waals surface area contributed by atoms with Crippen molar-refractivity contribution in [3.63, 3.8) is 0 Å². The summed E-state index contributed by atoms with van der Waals surface area (Å²) in [5, 5.41) is 0. The summed E-state index contributed by atoms with van der Waals surface area (Å²) < 4.78 is 1.45. The highest BCUT2D eigenvalue weighted by Crippen LogP contribution is 2.06. The summed E-state index contributed by atoms with van der Waals surface area (Å²) in [7, 11) is 0. The van der Waals surface area contributed by atoms with E-state index >= 15 is 0 Å². The molecule has 0 atom stereocenters. The molecule has 0 aliphatic carbocycles. The van der Waals surface area contributed by atoms with Crippen LogP contribution in [0.3, 0.4) is 0 Å². The maximum atomic E-state index is 11.5. The first-order chi connectivity index (χ1) is 8.19. The van der Waals surface area contributed by atoms with Gasteiger partial charge in [0.15, 0.2) is 0 Å². The fourth-order valence-corrected chi connectivity index (χ4v) is 1.52. The summed E-state index contributed by atoms with van der Waals surface area (Å²) in [5.74, 6) is 0. The molecule has 0 fully saturated rings. The first-order valence-electron chi connectivity index (χ1n) is 5.20. The fraction of sp³-hybridized carbons (Fsp3) is 0.0769. The van der Waals surface area contributed by atoms with E-state index in [1.165, 1.54) is 16.8 Å². The SMILES string of the molecule is C=Cc1ccc(Cn2ccc(=O)[nH]c2=O)cc1. The van der Waals surface area contributed by atoms with Crippen molar-refractivity contribution in [1.29, 1.82) is 0 Å². The van der Waals surface area contributed by atoms with Gasteiger partial charge < -0.3 is 0 Å². The first-order valence-corrected chi connectivity index (χ1v) is 5.20. The van der Waals surface area contributed by atoms with E-state index in [4.69, 9.17) is 0 Å². The number of nitrogens with zero attached hydrogens (tertiary/aromatic N) is 1. The molecule has 0 bridgehead atoms. The Bertz CT molecular complexity index is 635. The van der Waals surface area contributed by atoms with Crippen LogP contribution in [0.2, 0.25) is 0 Å². The van der Waals surface area contributed by atoms with Crippen molar-refractivity contribution < 1.29 is 0 Å². The molecule has 4 heteroatoms. The number of hydrogen-bond acceptors (Lipinski definition) is 2. The average Bonchev–Trinajstić information content (AvgIpc) is 2.34. The van der Waals surface area contributed by atoms with Crippen molar-refractivity contribution in [2.24, 2.45) is 0 Å². The predicted octanol–water partition coefficient (Wildman–Crippen LogP) is 1.23. The number of benzene rings is 1. The molecule has 1 N–H and O–H groups in total. The number of nitrogens with one attached hydrogen (secondary N) is 1. The van der Waals surface area contributed by atoms with E-state index in [9.17, 15) is 9.59 Å². The zero-order chi connectivity index (χ0) is 12.3. The zero-order valence-electron chi connectivity index (χ0n) is 9.22. The highest BCUT2D eigenvalue weighted by molar-refractivity contribution is 5.47. The van der Waals surface area contributed by atoms with Crippen molar-refractivity contribution in [2.75, 3.05) is 0 Å². The average molecular weight is 228 g/mol. The maximum Gasteiger partial charge on any atom is 0.328 e.